The number of hydrogen-bond donors (Lipinski definition) is 2. The van der Waals surface area contributed by atoms with Gasteiger partial charge in [-0.2, -0.15) is 0 Å². The van der Waals surface area contributed by atoms with E-state index in [0.29, 0.717) is 36.8 Å². The van der Waals surface area contributed by atoms with Crippen LogP contribution in [0, 0.1) is 0 Å². The van der Waals surface area contributed by atoms with E-state index in [1.165, 1.54) is 0 Å². The van der Waals surface area contributed by atoms with E-state index in [1.807, 2.05) is 19.1 Å². The smallest absolute Gasteiger partial charge is 0.293 e. The molecule has 3 aromatic rings. The van der Waals surface area contributed by atoms with E-state index in [9.17, 15) is 9.90 Å². The van der Waals surface area contributed by atoms with E-state index in [-0.39, 0.29) is 17.9 Å². The molecule has 3 rings (SSSR count). The molecule has 9 heteroatoms. The first-order valence-electron chi connectivity index (χ1n) is 9.94. The molecule has 0 aliphatic carbocycles. The van der Waals surface area contributed by atoms with E-state index in [0.717, 1.165) is 17.5 Å². The Hall–Kier alpha value is -3.04. The van der Waals surface area contributed by atoms with Crippen LogP contribution in [0.1, 0.15) is 20.3 Å². The lowest BCUT2D eigenvalue weighted by Gasteiger charge is -2.14. The summed E-state index contributed by atoms with van der Waals surface area (Å²) in [4.78, 5) is 26.1. The molecule has 3 aromatic heterocycles. The van der Waals surface area contributed by atoms with Gasteiger partial charge in [0.1, 0.15) is 0 Å². The Labute approximate surface area is 174 Å². The zero-order chi connectivity index (χ0) is 21.5. The molecule has 0 fully saturated rings. The third-order valence-corrected chi connectivity index (χ3v) is 4.45. The van der Waals surface area contributed by atoms with Crippen molar-refractivity contribution in [2.45, 2.75) is 32.9 Å². The molecule has 1 atom stereocenters. The molecule has 0 radical (unpaired) electrons. The minimum Gasteiger partial charge on any atom is -0.481 e. The lowest BCUT2D eigenvalue weighted by Crippen LogP contribution is -2.29. The van der Waals surface area contributed by atoms with Crippen LogP contribution in [-0.2, 0) is 11.3 Å². The Kier molecular flexibility index (Phi) is 7.31. The third kappa shape index (κ3) is 5.11. The first-order chi connectivity index (χ1) is 14.5. The molecule has 160 valence electrons. The number of aliphatic hydroxyl groups excluding tert-OH is 1. The Morgan fingerprint density at radius 1 is 1.20 bits per heavy atom. The summed E-state index contributed by atoms with van der Waals surface area (Å²) in [6, 6.07) is 5.53. The van der Waals surface area contributed by atoms with Crippen LogP contribution in [0.4, 0.5) is 5.82 Å². The summed E-state index contributed by atoms with van der Waals surface area (Å²) < 4.78 is 12.3. The maximum absolute atomic E-state index is 13.0. The van der Waals surface area contributed by atoms with Crippen LogP contribution in [0.25, 0.3) is 22.3 Å². The second-order valence-corrected chi connectivity index (χ2v) is 6.92. The van der Waals surface area contributed by atoms with E-state index < -0.39 is 6.10 Å². The van der Waals surface area contributed by atoms with Gasteiger partial charge in [-0.05, 0) is 25.5 Å². The van der Waals surface area contributed by atoms with Crippen molar-refractivity contribution in [3.05, 3.63) is 40.9 Å². The highest BCUT2D eigenvalue weighted by molar-refractivity contribution is 5.78. The number of aliphatic hydroxyl groups is 1. The highest BCUT2D eigenvalue weighted by Crippen LogP contribution is 2.23. The minimum absolute atomic E-state index is 0.158. The van der Waals surface area contributed by atoms with Crippen LogP contribution in [0.15, 0.2) is 35.4 Å². The standard InChI is InChI=1S/C21H27N5O4/c1-4-8-30-9-7-26-17-10-16(15-5-6-18(29-3)22-12-15)13-24-19(17)25-20(21(26)28)23-11-14(2)27/h5-6,10,12-14,27H,4,7-9,11H2,1-3H3,(H,23,24,25)/t14-/m0/s1. The fourth-order valence-corrected chi connectivity index (χ4v) is 2.94. The van der Waals surface area contributed by atoms with E-state index >= 15 is 0 Å². The first kappa shape index (κ1) is 21.7. The van der Waals surface area contributed by atoms with Gasteiger partial charge in [0.2, 0.25) is 5.88 Å². The Bertz CT molecular complexity index is 1030. The average Bonchev–Trinajstić information content (AvgIpc) is 2.76. The van der Waals surface area contributed by atoms with Crippen LogP contribution in [-0.4, -0.2) is 57.6 Å². The van der Waals surface area contributed by atoms with Crippen LogP contribution >= 0.6 is 0 Å². The molecule has 0 amide bonds. The maximum atomic E-state index is 13.0. The van der Waals surface area contributed by atoms with Gasteiger partial charge in [0.15, 0.2) is 11.5 Å². The number of methoxy groups -OCH3 is 1. The molecule has 0 bridgehead atoms. The largest absolute Gasteiger partial charge is 0.481 e. The number of anilines is 1. The summed E-state index contributed by atoms with van der Waals surface area (Å²) in [5, 5.41) is 12.4. The summed E-state index contributed by atoms with van der Waals surface area (Å²) in [7, 11) is 1.56. The quantitative estimate of drug-likeness (QED) is 0.486. The lowest BCUT2D eigenvalue weighted by molar-refractivity contribution is 0.127. The highest BCUT2D eigenvalue weighted by atomic mass is 16.5. The highest BCUT2D eigenvalue weighted by Gasteiger charge is 2.14. The lowest BCUT2D eigenvalue weighted by atomic mass is 10.1. The normalized spacial score (nSPS) is 12.1. The fraction of sp³-hybridized carbons (Fsp3) is 0.429. The minimum atomic E-state index is -0.610. The topological polar surface area (TPSA) is 111 Å². The predicted molar refractivity (Wildman–Crippen MR) is 115 cm³/mol. The summed E-state index contributed by atoms with van der Waals surface area (Å²) in [5.41, 5.74) is 2.42. The van der Waals surface area contributed by atoms with Gasteiger partial charge < -0.3 is 19.9 Å². The van der Waals surface area contributed by atoms with E-state index in [4.69, 9.17) is 9.47 Å². The van der Waals surface area contributed by atoms with Gasteiger partial charge in [-0.15, -0.1) is 0 Å². The second kappa shape index (κ2) is 10.1. The summed E-state index contributed by atoms with van der Waals surface area (Å²) in [6.45, 7) is 5.29. The predicted octanol–water partition coefficient (Wildman–Crippen LogP) is 2.08. The van der Waals surface area contributed by atoms with E-state index in [1.54, 1.807) is 37.1 Å². The third-order valence-electron chi connectivity index (χ3n) is 4.45. The summed E-state index contributed by atoms with van der Waals surface area (Å²) in [5.74, 6) is 0.679. The van der Waals surface area contributed by atoms with Crippen molar-refractivity contribution >= 4 is 17.0 Å². The molecule has 0 spiro atoms. The molecular weight excluding hydrogens is 386 g/mol. The van der Waals surface area contributed by atoms with Crippen LogP contribution in [0.5, 0.6) is 5.88 Å². The molecule has 9 nitrogen and oxygen atoms in total. The number of ether oxygens (including phenoxy) is 2. The van der Waals surface area contributed by atoms with Crippen LogP contribution in [0.2, 0.25) is 0 Å². The van der Waals surface area contributed by atoms with Crippen molar-refractivity contribution < 1.29 is 14.6 Å². The molecule has 0 aliphatic heterocycles. The SMILES string of the molecule is CCCOCCn1c(=O)c(NC[C@H](C)O)nc2ncc(-c3ccc(OC)nc3)cc21. The number of pyridine rings is 2. The molecular formula is C21H27N5O4. The molecule has 0 saturated carbocycles. The van der Waals surface area contributed by atoms with Gasteiger partial charge in [0.25, 0.3) is 5.56 Å². The van der Waals surface area contributed by atoms with Gasteiger partial charge >= 0.3 is 0 Å². The van der Waals surface area contributed by atoms with Crippen molar-refractivity contribution in [3.8, 4) is 17.0 Å². The number of rotatable bonds is 10. The number of aromatic nitrogens is 4. The number of fused-ring (bicyclic) bond motifs is 1. The summed E-state index contributed by atoms with van der Waals surface area (Å²) in [6.07, 6.45) is 3.69. The Balaban J connectivity index is 2.03. The molecule has 0 unspecified atom stereocenters. The molecule has 30 heavy (non-hydrogen) atoms. The average molecular weight is 413 g/mol. The van der Waals surface area contributed by atoms with Crippen molar-refractivity contribution in [2.75, 3.05) is 32.2 Å². The number of hydrogen-bond acceptors (Lipinski definition) is 8. The first-order valence-corrected chi connectivity index (χ1v) is 9.94. The van der Waals surface area contributed by atoms with Crippen molar-refractivity contribution in [3.63, 3.8) is 0 Å². The fourth-order valence-electron chi connectivity index (χ4n) is 2.94. The van der Waals surface area contributed by atoms with Gasteiger partial charge in [-0.25, -0.2) is 15.0 Å². The number of nitrogens with zero attached hydrogens (tertiary/aromatic N) is 4. The van der Waals surface area contributed by atoms with E-state index in [2.05, 4.69) is 20.3 Å². The van der Waals surface area contributed by atoms with Crippen molar-refractivity contribution in [2.24, 2.45) is 0 Å². The van der Waals surface area contributed by atoms with Gasteiger partial charge in [0.05, 0.1) is 25.3 Å². The summed E-state index contributed by atoms with van der Waals surface area (Å²) >= 11 is 0. The van der Waals surface area contributed by atoms with Crippen LogP contribution in [0.3, 0.4) is 0 Å². The van der Waals surface area contributed by atoms with Crippen LogP contribution < -0.4 is 15.6 Å². The molecule has 0 aliphatic rings. The van der Waals surface area contributed by atoms with Gasteiger partial charge in [-0.3, -0.25) is 9.36 Å². The van der Waals surface area contributed by atoms with Gasteiger partial charge in [-0.1, -0.05) is 6.92 Å². The maximum Gasteiger partial charge on any atom is 0.293 e. The Morgan fingerprint density at radius 3 is 2.67 bits per heavy atom. The van der Waals surface area contributed by atoms with Crippen molar-refractivity contribution in [1.82, 2.24) is 19.5 Å². The molecule has 3 heterocycles. The molecule has 0 aromatic carbocycles. The zero-order valence-corrected chi connectivity index (χ0v) is 17.5. The molecule has 2 N–H and O–H groups in total. The second-order valence-electron chi connectivity index (χ2n) is 6.92. The zero-order valence-electron chi connectivity index (χ0n) is 17.5. The molecule has 0 saturated heterocycles. The Morgan fingerprint density at radius 2 is 2.00 bits per heavy atom. The van der Waals surface area contributed by atoms with Crippen molar-refractivity contribution in [1.29, 1.82) is 0 Å². The monoisotopic (exact) mass is 413 g/mol. The van der Waals surface area contributed by atoms with Gasteiger partial charge in [0, 0.05) is 49.3 Å². The number of nitrogens with one attached hydrogen (secondary N) is 1.